The molecular weight excluding hydrogens is 268 g/mol. The minimum Gasteiger partial charge on any atom is -0.399 e. The summed E-state index contributed by atoms with van der Waals surface area (Å²) in [6.07, 6.45) is 0. The molecule has 0 saturated heterocycles. The van der Waals surface area contributed by atoms with Crippen molar-refractivity contribution in [3.8, 4) is 0 Å². The maximum Gasteiger partial charge on any atom is 0.240 e. The van der Waals surface area contributed by atoms with Crippen molar-refractivity contribution in [1.82, 2.24) is 4.72 Å². The number of rotatable bonds is 4. The smallest absolute Gasteiger partial charge is 0.240 e. The summed E-state index contributed by atoms with van der Waals surface area (Å²) >= 11 is 1.51. The third-order valence-corrected chi connectivity index (χ3v) is 4.66. The van der Waals surface area contributed by atoms with Crippen LogP contribution in [-0.2, 0) is 16.6 Å². The van der Waals surface area contributed by atoms with Crippen molar-refractivity contribution < 1.29 is 8.42 Å². The minimum absolute atomic E-state index is 0.205. The summed E-state index contributed by atoms with van der Waals surface area (Å²) in [4.78, 5) is 1.18. The molecule has 2 rings (SSSR count). The van der Waals surface area contributed by atoms with Gasteiger partial charge in [-0.2, -0.15) is 0 Å². The summed E-state index contributed by atoms with van der Waals surface area (Å²) in [5, 5.41) is 1.91. The molecule has 0 radical (unpaired) electrons. The lowest BCUT2D eigenvalue weighted by molar-refractivity contribution is 0.582. The number of benzene rings is 1. The zero-order valence-electron chi connectivity index (χ0n) is 9.88. The van der Waals surface area contributed by atoms with Gasteiger partial charge in [-0.1, -0.05) is 6.07 Å². The van der Waals surface area contributed by atoms with E-state index in [0.29, 0.717) is 12.2 Å². The molecule has 0 fully saturated rings. The van der Waals surface area contributed by atoms with Crippen LogP contribution >= 0.6 is 11.3 Å². The summed E-state index contributed by atoms with van der Waals surface area (Å²) < 4.78 is 26.7. The third kappa shape index (κ3) is 3.10. The first kappa shape index (κ1) is 13.1. The van der Waals surface area contributed by atoms with Gasteiger partial charge in [0.25, 0.3) is 0 Å². The van der Waals surface area contributed by atoms with Crippen molar-refractivity contribution in [1.29, 1.82) is 0 Å². The summed E-state index contributed by atoms with van der Waals surface area (Å²) in [6.45, 7) is 2.11. The van der Waals surface area contributed by atoms with Crippen LogP contribution in [-0.4, -0.2) is 8.42 Å². The van der Waals surface area contributed by atoms with E-state index in [1.165, 1.54) is 17.4 Å². The third-order valence-electron chi connectivity index (χ3n) is 2.40. The van der Waals surface area contributed by atoms with E-state index in [4.69, 9.17) is 5.73 Å². The number of thiophene rings is 1. The molecule has 3 N–H and O–H groups in total. The van der Waals surface area contributed by atoms with Crippen molar-refractivity contribution >= 4 is 27.0 Å². The van der Waals surface area contributed by atoms with Crippen molar-refractivity contribution in [2.24, 2.45) is 0 Å². The van der Waals surface area contributed by atoms with Gasteiger partial charge in [0.1, 0.15) is 0 Å². The van der Waals surface area contributed by atoms with Gasteiger partial charge in [-0.25, -0.2) is 13.1 Å². The molecule has 1 aromatic heterocycles. The molecule has 1 heterocycles. The number of nitrogens with one attached hydrogen (secondary N) is 1. The predicted molar refractivity (Wildman–Crippen MR) is 73.9 cm³/mol. The highest BCUT2D eigenvalue weighted by molar-refractivity contribution is 7.89. The maximum atomic E-state index is 12.1. The van der Waals surface area contributed by atoms with Crippen LogP contribution < -0.4 is 10.5 Å². The Morgan fingerprint density at radius 3 is 2.72 bits per heavy atom. The summed E-state index contributed by atoms with van der Waals surface area (Å²) in [7, 11) is -3.50. The topological polar surface area (TPSA) is 72.2 Å². The Morgan fingerprint density at radius 2 is 2.11 bits per heavy atom. The van der Waals surface area contributed by atoms with Crippen molar-refractivity contribution in [2.75, 3.05) is 5.73 Å². The Morgan fingerprint density at radius 1 is 1.33 bits per heavy atom. The number of nitrogens with two attached hydrogens (primary N) is 1. The zero-order chi connectivity index (χ0) is 13.2. The highest BCUT2D eigenvalue weighted by Gasteiger charge is 2.14. The molecule has 4 nitrogen and oxygen atoms in total. The monoisotopic (exact) mass is 282 g/mol. The van der Waals surface area contributed by atoms with Gasteiger partial charge in [-0.15, -0.1) is 11.3 Å². The van der Waals surface area contributed by atoms with E-state index in [2.05, 4.69) is 4.72 Å². The number of nitrogen functional groups attached to an aromatic ring is 1. The highest BCUT2D eigenvalue weighted by Crippen LogP contribution is 2.17. The van der Waals surface area contributed by atoms with Crippen molar-refractivity contribution in [3.63, 3.8) is 0 Å². The molecule has 0 bridgehead atoms. The largest absolute Gasteiger partial charge is 0.399 e. The lowest BCUT2D eigenvalue weighted by Crippen LogP contribution is -2.23. The van der Waals surface area contributed by atoms with Crippen LogP contribution in [0.25, 0.3) is 0 Å². The Bertz CT molecular complexity index is 614. The van der Waals surface area contributed by atoms with Crippen LogP contribution in [0.2, 0.25) is 0 Å². The van der Waals surface area contributed by atoms with Gasteiger partial charge < -0.3 is 5.73 Å². The second-order valence-corrected chi connectivity index (χ2v) is 6.78. The maximum absolute atomic E-state index is 12.1. The van der Waals surface area contributed by atoms with Gasteiger partial charge in [0, 0.05) is 17.1 Å². The number of sulfonamides is 1. The van der Waals surface area contributed by atoms with Crippen LogP contribution in [0.5, 0.6) is 0 Å². The van der Waals surface area contributed by atoms with E-state index in [-0.39, 0.29) is 4.90 Å². The van der Waals surface area contributed by atoms with E-state index in [0.717, 1.165) is 10.4 Å². The number of hydrogen-bond donors (Lipinski definition) is 2. The second-order valence-electron chi connectivity index (χ2n) is 3.98. The summed E-state index contributed by atoms with van der Waals surface area (Å²) in [6, 6.07) is 8.58. The molecule has 0 amide bonds. The number of aryl methyl sites for hydroxylation is 1. The Kier molecular flexibility index (Phi) is 3.70. The Balaban J connectivity index is 2.20. The molecule has 1 aromatic carbocycles. The van der Waals surface area contributed by atoms with Crippen LogP contribution in [0, 0.1) is 6.92 Å². The van der Waals surface area contributed by atoms with Crippen LogP contribution in [0.1, 0.15) is 10.4 Å². The van der Waals surface area contributed by atoms with E-state index in [1.54, 1.807) is 12.1 Å². The summed E-state index contributed by atoms with van der Waals surface area (Å²) in [5.41, 5.74) is 6.93. The molecular formula is C12H14N2O2S2. The van der Waals surface area contributed by atoms with E-state index >= 15 is 0 Å². The quantitative estimate of drug-likeness (QED) is 0.844. The molecule has 0 atom stereocenters. The van der Waals surface area contributed by atoms with E-state index < -0.39 is 10.0 Å². The molecule has 0 spiro atoms. The molecule has 6 heteroatoms. The fraction of sp³-hybridized carbons (Fsp3) is 0.167. The number of hydrogen-bond acceptors (Lipinski definition) is 4. The molecule has 0 aliphatic heterocycles. The van der Waals surface area contributed by atoms with Crippen LogP contribution in [0.15, 0.2) is 40.6 Å². The zero-order valence-corrected chi connectivity index (χ0v) is 11.5. The summed E-state index contributed by atoms with van der Waals surface area (Å²) in [5.74, 6) is 0. The van der Waals surface area contributed by atoms with Gasteiger partial charge in [0.05, 0.1) is 4.90 Å². The second kappa shape index (κ2) is 5.09. The minimum atomic E-state index is -3.50. The molecule has 2 aromatic rings. The van der Waals surface area contributed by atoms with Gasteiger partial charge in [0.15, 0.2) is 0 Å². The van der Waals surface area contributed by atoms with Crippen LogP contribution in [0.4, 0.5) is 5.69 Å². The standard InChI is InChI=1S/C12H14N2O2S2/c1-9-5-10(13)7-12(6-9)18(15,16)14-8-11-3-2-4-17-11/h2-7,14H,8,13H2,1H3. The van der Waals surface area contributed by atoms with Gasteiger partial charge >= 0.3 is 0 Å². The Hall–Kier alpha value is -1.37. The molecule has 0 unspecified atom stereocenters. The molecule has 0 aliphatic rings. The average molecular weight is 282 g/mol. The van der Waals surface area contributed by atoms with Crippen LogP contribution in [0.3, 0.4) is 0 Å². The molecule has 0 saturated carbocycles. The van der Waals surface area contributed by atoms with Crippen molar-refractivity contribution in [3.05, 3.63) is 46.2 Å². The molecule has 18 heavy (non-hydrogen) atoms. The highest BCUT2D eigenvalue weighted by atomic mass is 32.2. The SMILES string of the molecule is Cc1cc(N)cc(S(=O)(=O)NCc2cccs2)c1. The number of anilines is 1. The first-order chi connectivity index (χ1) is 8.47. The van der Waals surface area contributed by atoms with Gasteiger partial charge in [0.2, 0.25) is 10.0 Å². The lowest BCUT2D eigenvalue weighted by atomic mass is 10.2. The molecule has 0 aliphatic carbocycles. The first-order valence-electron chi connectivity index (χ1n) is 5.36. The fourth-order valence-corrected chi connectivity index (χ4v) is 3.47. The lowest BCUT2D eigenvalue weighted by Gasteiger charge is -2.07. The fourth-order valence-electron chi connectivity index (χ4n) is 1.59. The van der Waals surface area contributed by atoms with Gasteiger partial charge in [-0.3, -0.25) is 0 Å². The predicted octanol–water partition coefficient (Wildman–Crippen LogP) is 2.12. The van der Waals surface area contributed by atoms with Crippen molar-refractivity contribution in [2.45, 2.75) is 18.4 Å². The normalized spacial score (nSPS) is 11.6. The Labute approximate surface area is 111 Å². The van der Waals surface area contributed by atoms with E-state index in [9.17, 15) is 8.42 Å². The average Bonchev–Trinajstić information content (AvgIpc) is 2.78. The van der Waals surface area contributed by atoms with E-state index in [1.807, 2.05) is 24.4 Å². The first-order valence-corrected chi connectivity index (χ1v) is 7.73. The van der Waals surface area contributed by atoms with Gasteiger partial charge in [-0.05, 0) is 42.1 Å². The molecule has 96 valence electrons.